The number of hydrogen-bond donors (Lipinski definition) is 1. The van der Waals surface area contributed by atoms with Crippen molar-refractivity contribution < 1.29 is 9.90 Å². The van der Waals surface area contributed by atoms with Crippen LogP contribution in [0.2, 0.25) is 0 Å². The molecule has 108 valence electrons. The van der Waals surface area contributed by atoms with Crippen LogP contribution in [-0.4, -0.2) is 11.1 Å². The molecule has 1 atom stereocenters. The van der Waals surface area contributed by atoms with Crippen LogP contribution in [0.15, 0.2) is 36.9 Å². The molecule has 0 aromatic heterocycles. The fourth-order valence-corrected chi connectivity index (χ4v) is 3.40. The Labute approximate surface area is 121 Å². The van der Waals surface area contributed by atoms with Gasteiger partial charge in [0.25, 0.3) is 0 Å². The van der Waals surface area contributed by atoms with Crippen LogP contribution in [0.3, 0.4) is 0 Å². The van der Waals surface area contributed by atoms with Crippen LogP contribution in [0, 0.1) is 0 Å². The minimum absolute atomic E-state index is 0.645. The summed E-state index contributed by atoms with van der Waals surface area (Å²) >= 11 is 0. The van der Waals surface area contributed by atoms with Crippen LogP contribution in [0.1, 0.15) is 56.1 Å². The molecule has 0 amide bonds. The second kappa shape index (κ2) is 6.74. The fraction of sp³-hybridized carbons (Fsp3) is 0.500. The van der Waals surface area contributed by atoms with Gasteiger partial charge in [0.15, 0.2) is 0 Å². The smallest absolute Gasteiger partial charge is 0.314 e. The molecular weight excluding hydrogens is 248 g/mol. The molecule has 1 aromatic carbocycles. The van der Waals surface area contributed by atoms with E-state index >= 15 is 0 Å². The van der Waals surface area contributed by atoms with Gasteiger partial charge in [0.1, 0.15) is 0 Å². The second-order valence-corrected chi connectivity index (χ2v) is 5.79. The van der Waals surface area contributed by atoms with E-state index in [0.29, 0.717) is 0 Å². The number of aliphatic carboxylic acids is 1. The maximum absolute atomic E-state index is 11.9. The van der Waals surface area contributed by atoms with E-state index in [1.165, 1.54) is 5.56 Å². The highest BCUT2D eigenvalue weighted by atomic mass is 16.4. The summed E-state index contributed by atoms with van der Waals surface area (Å²) < 4.78 is 0. The maximum Gasteiger partial charge on any atom is 0.314 e. The van der Waals surface area contributed by atoms with E-state index in [2.05, 4.69) is 12.6 Å². The Morgan fingerprint density at radius 2 is 2.10 bits per heavy atom. The average molecular weight is 272 g/mol. The van der Waals surface area contributed by atoms with Crippen LogP contribution in [-0.2, 0) is 16.6 Å². The zero-order valence-electron chi connectivity index (χ0n) is 12.1. The van der Waals surface area contributed by atoms with Crippen LogP contribution < -0.4 is 0 Å². The topological polar surface area (TPSA) is 37.3 Å². The second-order valence-electron chi connectivity index (χ2n) is 5.79. The normalized spacial score (nSPS) is 21.2. The summed E-state index contributed by atoms with van der Waals surface area (Å²) in [6.45, 7) is 3.73. The lowest BCUT2D eigenvalue weighted by Gasteiger charge is -2.35. The van der Waals surface area contributed by atoms with Gasteiger partial charge in [-0.3, -0.25) is 4.79 Å². The van der Waals surface area contributed by atoms with E-state index in [0.717, 1.165) is 56.9 Å². The van der Waals surface area contributed by atoms with Crippen LogP contribution in [0.5, 0.6) is 0 Å². The quantitative estimate of drug-likeness (QED) is 0.587. The lowest BCUT2D eigenvalue weighted by atomic mass is 9.67. The number of carboxylic acid groups (broad SMARTS) is 1. The van der Waals surface area contributed by atoms with E-state index in [4.69, 9.17) is 0 Å². The molecule has 0 heterocycles. The Morgan fingerprint density at radius 3 is 2.85 bits per heavy atom. The average Bonchev–Trinajstić information content (AvgIpc) is 2.47. The molecule has 0 fully saturated rings. The minimum Gasteiger partial charge on any atom is -0.481 e. The lowest BCUT2D eigenvalue weighted by Crippen LogP contribution is -2.39. The highest BCUT2D eigenvalue weighted by Gasteiger charge is 2.42. The molecule has 2 nitrogen and oxygen atoms in total. The zero-order chi connectivity index (χ0) is 14.4. The molecule has 1 aliphatic rings. The summed E-state index contributed by atoms with van der Waals surface area (Å²) in [7, 11) is 0. The summed E-state index contributed by atoms with van der Waals surface area (Å²) in [5.41, 5.74) is 1.64. The summed E-state index contributed by atoms with van der Waals surface area (Å²) in [5.74, 6) is -0.645. The molecule has 1 aliphatic carbocycles. The largest absolute Gasteiger partial charge is 0.481 e. The predicted octanol–water partition coefficient (Wildman–Crippen LogP) is 4.48. The molecule has 0 bridgehead atoms. The van der Waals surface area contributed by atoms with Gasteiger partial charge < -0.3 is 5.11 Å². The minimum atomic E-state index is -0.650. The van der Waals surface area contributed by atoms with Gasteiger partial charge in [0, 0.05) is 0 Å². The number of fused-ring (bicyclic) bond motifs is 1. The Morgan fingerprint density at radius 1 is 1.30 bits per heavy atom. The predicted molar refractivity (Wildman–Crippen MR) is 82.0 cm³/mol. The molecule has 0 saturated carbocycles. The number of carbonyl (C=O) groups is 1. The fourth-order valence-electron chi connectivity index (χ4n) is 3.40. The molecule has 1 unspecified atom stereocenters. The van der Waals surface area contributed by atoms with Crippen molar-refractivity contribution in [2.75, 3.05) is 0 Å². The summed E-state index contributed by atoms with van der Waals surface area (Å²) in [6, 6.07) is 8.09. The summed E-state index contributed by atoms with van der Waals surface area (Å²) in [4.78, 5) is 11.9. The van der Waals surface area contributed by atoms with Crippen LogP contribution >= 0.6 is 0 Å². The number of aryl methyl sites for hydroxylation is 1. The Balaban J connectivity index is 2.14. The summed E-state index contributed by atoms with van der Waals surface area (Å²) in [5, 5.41) is 9.82. The van der Waals surface area contributed by atoms with Gasteiger partial charge in [-0.15, -0.1) is 6.58 Å². The molecule has 0 saturated heterocycles. The molecule has 1 aromatic rings. The van der Waals surface area contributed by atoms with Crippen LogP contribution in [0.4, 0.5) is 0 Å². The van der Waals surface area contributed by atoms with Crippen molar-refractivity contribution >= 4 is 5.97 Å². The van der Waals surface area contributed by atoms with Gasteiger partial charge in [-0.1, -0.05) is 43.2 Å². The van der Waals surface area contributed by atoms with E-state index in [1.54, 1.807) is 0 Å². The molecular formula is C18H24O2. The molecule has 1 N–H and O–H groups in total. The molecule has 0 aliphatic heterocycles. The van der Waals surface area contributed by atoms with Crippen molar-refractivity contribution in [1.82, 2.24) is 0 Å². The van der Waals surface area contributed by atoms with Gasteiger partial charge in [0.05, 0.1) is 5.41 Å². The van der Waals surface area contributed by atoms with Crippen LogP contribution in [0.25, 0.3) is 0 Å². The Kier molecular flexibility index (Phi) is 4.99. The highest BCUT2D eigenvalue weighted by molar-refractivity contribution is 5.82. The number of unbranched alkanes of at least 4 members (excludes halogenated alkanes) is 3. The molecule has 0 spiro atoms. The first-order chi connectivity index (χ1) is 9.70. The lowest BCUT2D eigenvalue weighted by molar-refractivity contribution is -0.145. The Bertz CT molecular complexity index is 478. The van der Waals surface area contributed by atoms with Gasteiger partial charge in [-0.05, 0) is 49.7 Å². The SMILES string of the molecule is C=CCCCCCC1(C(=O)O)CCCc2ccccc21. The van der Waals surface area contributed by atoms with Crippen molar-refractivity contribution in [3.8, 4) is 0 Å². The van der Waals surface area contributed by atoms with E-state index in [1.807, 2.05) is 24.3 Å². The van der Waals surface area contributed by atoms with Crippen molar-refractivity contribution in [2.24, 2.45) is 0 Å². The van der Waals surface area contributed by atoms with Gasteiger partial charge >= 0.3 is 5.97 Å². The van der Waals surface area contributed by atoms with E-state index < -0.39 is 11.4 Å². The standard InChI is InChI=1S/C18H24O2/c1-2-3-4-5-8-13-18(17(19)20)14-9-11-15-10-6-7-12-16(15)18/h2,6-7,10,12H,1,3-5,8-9,11,13-14H2,(H,19,20). The molecule has 2 rings (SSSR count). The van der Waals surface area contributed by atoms with Crippen molar-refractivity contribution in [2.45, 2.75) is 56.8 Å². The molecule has 20 heavy (non-hydrogen) atoms. The number of allylic oxidation sites excluding steroid dienone is 1. The van der Waals surface area contributed by atoms with E-state index in [9.17, 15) is 9.90 Å². The third kappa shape index (κ3) is 2.95. The summed E-state index contributed by atoms with van der Waals surface area (Å²) in [6.07, 6.45) is 9.67. The maximum atomic E-state index is 11.9. The van der Waals surface area contributed by atoms with Crippen molar-refractivity contribution in [1.29, 1.82) is 0 Å². The third-order valence-electron chi connectivity index (χ3n) is 4.50. The first kappa shape index (κ1) is 14.8. The highest BCUT2D eigenvalue weighted by Crippen LogP contribution is 2.41. The molecule has 0 radical (unpaired) electrons. The monoisotopic (exact) mass is 272 g/mol. The third-order valence-corrected chi connectivity index (χ3v) is 4.50. The first-order valence-electron chi connectivity index (χ1n) is 7.63. The van der Waals surface area contributed by atoms with Crippen molar-refractivity contribution in [3.05, 3.63) is 48.0 Å². The first-order valence-corrected chi connectivity index (χ1v) is 7.63. The number of rotatable bonds is 7. The van der Waals surface area contributed by atoms with Gasteiger partial charge in [-0.2, -0.15) is 0 Å². The number of benzene rings is 1. The number of carboxylic acids is 1. The van der Waals surface area contributed by atoms with E-state index in [-0.39, 0.29) is 0 Å². The molecule has 2 heteroatoms. The van der Waals surface area contributed by atoms with Gasteiger partial charge in [-0.25, -0.2) is 0 Å². The Hall–Kier alpha value is -1.57. The van der Waals surface area contributed by atoms with Gasteiger partial charge in [0.2, 0.25) is 0 Å². The number of hydrogen-bond acceptors (Lipinski definition) is 1. The van der Waals surface area contributed by atoms with Crippen molar-refractivity contribution in [3.63, 3.8) is 0 Å². The zero-order valence-corrected chi connectivity index (χ0v) is 12.1.